The fourth-order valence-corrected chi connectivity index (χ4v) is 1.49. The van der Waals surface area contributed by atoms with Crippen molar-refractivity contribution in [3.8, 4) is 0 Å². The number of benzene rings is 1. The second kappa shape index (κ2) is 6.02. The van der Waals surface area contributed by atoms with Gasteiger partial charge >= 0.3 is 0 Å². The molecule has 0 bridgehead atoms. The topological polar surface area (TPSA) is 54.6 Å². The second-order valence-electron chi connectivity index (χ2n) is 3.61. The van der Waals surface area contributed by atoms with E-state index in [4.69, 9.17) is 16.0 Å². The maximum Gasteiger partial charge on any atom is 0.244 e. The molecule has 0 unspecified atom stereocenters. The molecule has 0 radical (unpaired) electrons. The Morgan fingerprint density at radius 3 is 2.78 bits per heavy atom. The summed E-state index contributed by atoms with van der Waals surface area (Å²) in [4.78, 5) is 11.5. The smallest absolute Gasteiger partial charge is 0.244 e. The highest BCUT2D eigenvalue weighted by Gasteiger charge is 2.01. The highest BCUT2D eigenvalue weighted by Crippen LogP contribution is 2.09. The molecule has 0 spiro atoms. The standard InChI is InChI=1S/C13H11ClN2O2/c14-11-5-3-10(4-6-11)8-13(17)16-15-9-12-2-1-7-18-12/h1-7,9H,8H2,(H,16,17)/b15-9+. The van der Waals surface area contributed by atoms with Crippen LogP contribution in [0.15, 0.2) is 52.2 Å². The van der Waals surface area contributed by atoms with Gasteiger partial charge in [-0.1, -0.05) is 23.7 Å². The van der Waals surface area contributed by atoms with Crippen molar-refractivity contribution < 1.29 is 9.21 Å². The molecule has 1 aromatic heterocycles. The summed E-state index contributed by atoms with van der Waals surface area (Å²) in [6.07, 6.45) is 3.24. The first-order valence-corrected chi connectivity index (χ1v) is 5.72. The quantitative estimate of drug-likeness (QED) is 0.680. The Kier molecular flexibility index (Phi) is 4.15. The van der Waals surface area contributed by atoms with Crippen LogP contribution in [0, 0.1) is 0 Å². The van der Waals surface area contributed by atoms with Gasteiger partial charge in [-0.25, -0.2) is 5.43 Å². The van der Waals surface area contributed by atoms with E-state index >= 15 is 0 Å². The Hall–Kier alpha value is -2.07. The van der Waals surface area contributed by atoms with Crippen molar-refractivity contribution in [1.82, 2.24) is 5.43 Å². The largest absolute Gasteiger partial charge is 0.463 e. The van der Waals surface area contributed by atoms with Crippen molar-refractivity contribution in [2.45, 2.75) is 6.42 Å². The second-order valence-corrected chi connectivity index (χ2v) is 4.05. The third kappa shape index (κ3) is 3.75. The predicted octanol–water partition coefficient (Wildman–Crippen LogP) is 2.63. The molecule has 1 aromatic carbocycles. The van der Waals surface area contributed by atoms with E-state index in [1.165, 1.54) is 12.5 Å². The molecule has 18 heavy (non-hydrogen) atoms. The van der Waals surface area contributed by atoms with Gasteiger partial charge in [-0.05, 0) is 29.8 Å². The van der Waals surface area contributed by atoms with Crippen LogP contribution in [0.3, 0.4) is 0 Å². The molecule has 92 valence electrons. The van der Waals surface area contributed by atoms with E-state index in [0.717, 1.165) is 5.56 Å². The van der Waals surface area contributed by atoms with Crippen LogP contribution in [0.1, 0.15) is 11.3 Å². The van der Waals surface area contributed by atoms with Gasteiger partial charge < -0.3 is 4.42 Å². The van der Waals surface area contributed by atoms with Crippen LogP contribution in [0.4, 0.5) is 0 Å². The maximum absolute atomic E-state index is 11.5. The Morgan fingerprint density at radius 1 is 1.33 bits per heavy atom. The highest BCUT2D eigenvalue weighted by molar-refractivity contribution is 6.30. The zero-order valence-electron chi connectivity index (χ0n) is 9.47. The number of carbonyl (C=O) groups is 1. The van der Waals surface area contributed by atoms with Crippen molar-refractivity contribution in [2.24, 2.45) is 5.10 Å². The number of nitrogens with zero attached hydrogens (tertiary/aromatic N) is 1. The van der Waals surface area contributed by atoms with Crippen molar-refractivity contribution in [1.29, 1.82) is 0 Å². The summed E-state index contributed by atoms with van der Waals surface area (Å²) in [5.74, 6) is 0.391. The normalized spacial score (nSPS) is 10.7. The number of halogens is 1. The molecule has 1 N–H and O–H groups in total. The Morgan fingerprint density at radius 2 is 2.11 bits per heavy atom. The molecule has 0 saturated heterocycles. The monoisotopic (exact) mass is 262 g/mol. The zero-order valence-corrected chi connectivity index (χ0v) is 10.2. The number of carbonyl (C=O) groups excluding carboxylic acids is 1. The molecule has 0 aliphatic rings. The molecular weight excluding hydrogens is 252 g/mol. The molecule has 0 aliphatic carbocycles. The molecule has 2 rings (SSSR count). The number of nitrogens with one attached hydrogen (secondary N) is 1. The summed E-state index contributed by atoms with van der Waals surface area (Å²) < 4.78 is 5.03. The average molecular weight is 263 g/mol. The van der Waals surface area contributed by atoms with Gasteiger partial charge in [0.05, 0.1) is 18.9 Å². The number of hydrazone groups is 1. The van der Waals surface area contributed by atoms with Crippen molar-refractivity contribution >= 4 is 23.7 Å². The molecule has 0 aliphatic heterocycles. The molecular formula is C13H11ClN2O2. The van der Waals surface area contributed by atoms with E-state index in [1.807, 2.05) is 0 Å². The maximum atomic E-state index is 11.5. The number of rotatable bonds is 4. The van der Waals surface area contributed by atoms with Gasteiger partial charge in [-0.2, -0.15) is 5.10 Å². The van der Waals surface area contributed by atoms with Crippen molar-refractivity contribution in [3.63, 3.8) is 0 Å². The number of furan rings is 1. The molecule has 1 amide bonds. The lowest BCUT2D eigenvalue weighted by atomic mass is 10.1. The summed E-state index contributed by atoms with van der Waals surface area (Å²) >= 11 is 5.75. The first-order valence-electron chi connectivity index (χ1n) is 5.34. The Labute approximate surface area is 109 Å². The third-order valence-electron chi connectivity index (χ3n) is 2.20. The third-order valence-corrected chi connectivity index (χ3v) is 2.45. The lowest BCUT2D eigenvalue weighted by Gasteiger charge is -2.00. The van der Waals surface area contributed by atoms with E-state index in [2.05, 4.69) is 10.5 Å². The van der Waals surface area contributed by atoms with Crippen LogP contribution in [0.25, 0.3) is 0 Å². The van der Waals surface area contributed by atoms with Gasteiger partial charge in [0.25, 0.3) is 0 Å². The Balaban J connectivity index is 1.84. The molecule has 0 fully saturated rings. The predicted molar refractivity (Wildman–Crippen MR) is 69.6 cm³/mol. The minimum Gasteiger partial charge on any atom is -0.463 e. The van der Waals surface area contributed by atoms with E-state index in [-0.39, 0.29) is 12.3 Å². The average Bonchev–Trinajstić information content (AvgIpc) is 2.85. The van der Waals surface area contributed by atoms with Gasteiger partial charge in [0.2, 0.25) is 5.91 Å². The fourth-order valence-electron chi connectivity index (χ4n) is 1.36. The first kappa shape index (κ1) is 12.4. The van der Waals surface area contributed by atoms with Gasteiger partial charge in [0.15, 0.2) is 0 Å². The van der Waals surface area contributed by atoms with Gasteiger partial charge in [-0.15, -0.1) is 0 Å². The molecule has 0 saturated carbocycles. The van der Waals surface area contributed by atoms with Crippen LogP contribution >= 0.6 is 11.6 Å². The lowest BCUT2D eigenvalue weighted by molar-refractivity contribution is -0.120. The van der Waals surface area contributed by atoms with Crippen LogP contribution in [0.5, 0.6) is 0 Å². The van der Waals surface area contributed by atoms with Crippen LogP contribution in [0.2, 0.25) is 5.02 Å². The van der Waals surface area contributed by atoms with Gasteiger partial charge in [0.1, 0.15) is 5.76 Å². The van der Waals surface area contributed by atoms with Crippen LogP contribution in [-0.4, -0.2) is 12.1 Å². The van der Waals surface area contributed by atoms with Crippen molar-refractivity contribution in [3.05, 3.63) is 59.0 Å². The zero-order chi connectivity index (χ0) is 12.8. The van der Waals surface area contributed by atoms with E-state index in [9.17, 15) is 4.79 Å². The van der Waals surface area contributed by atoms with Crippen LogP contribution in [-0.2, 0) is 11.2 Å². The van der Waals surface area contributed by atoms with E-state index in [1.54, 1.807) is 36.4 Å². The Bertz CT molecular complexity index is 533. The van der Waals surface area contributed by atoms with Crippen LogP contribution < -0.4 is 5.43 Å². The molecule has 2 aromatic rings. The van der Waals surface area contributed by atoms with Crippen molar-refractivity contribution in [2.75, 3.05) is 0 Å². The van der Waals surface area contributed by atoms with Gasteiger partial charge in [0, 0.05) is 5.02 Å². The molecule has 1 heterocycles. The van der Waals surface area contributed by atoms with E-state index < -0.39 is 0 Å². The molecule has 4 nitrogen and oxygen atoms in total. The summed E-state index contributed by atoms with van der Waals surface area (Å²) in [5, 5.41) is 4.43. The minimum absolute atomic E-state index is 0.194. The number of hydrogen-bond acceptors (Lipinski definition) is 3. The first-order chi connectivity index (χ1) is 8.74. The number of hydrogen-bond donors (Lipinski definition) is 1. The minimum atomic E-state index is -0.194. The highest BCUT2D eigenvalue weighted by atomic mass is 35.5. The summed E-state index contributed by atoms with van der Waals surface area (Å²) in [6.45, 7) is 0. The molecule has 0 atom stereocenters. The summed E-state index contributed by atoms with van der Waals surface area (Å²) in [7, 11) is 0. The number of amides is 1. The van der Waals surface area contributed by atoms with E-state index in [0.29, 0.717) is 10.8 Å². The fraction of sp³-hybridized carbons (Fsp3) is 0.0769. The summed E-state index contributed by atoms with van der Waals surface area (Å²) in [5.41, 5.74) is 3.30. The summed E-state index contributed by atoms with van der Waals surface area (Å²) in [6, 6.07) is 10.6. The SMILES string of the molecule is O=C(Cc1ccc(Cl)cc1)N/N=C/c1ccco1. The van der Waals surface area contributed by atoms with Gasteiger partial charge in [-0.3, -0.25) is 4.79 Å². The lowest BCUT2D eigenvalue weighted by Crippen LogP contribution is -2.19. The molecule has 5 heteroatoms.